The van der Waals surface area contributed by atoms with E-state index in [1.165, 1.54) is 128 Å². The Kier molecular flexibility index (Phi) is 43.6. The Morgan fingerprint density at radius 1 is 0.345 bits per heavy atom. The van der Waals surface area contributed by atoms with Crippen LogP contribution in [0.3, 0.4) is 0 Å². The third-order valence-corrected chi connectivity index (χ3v) is 11.6. The Labute approximate surface area is 358 Å². The van der Waals surface area contributed by atoms with Crippen LogP contribution in [0.15, 0.2) is 0 Å². The Hall–Kier alpha value is -1.67. The lowest BCUT2D eigenvalue weighted by Gasteiger charge is -2.18. The third kappa shape index (κ3) is 41.1. The maximum absolute atomic E-state index is 12.8. The molecular formula is C50H96O8. The van der Waals surface area contributed by atoms with Gasteiger partial charge in [-0.3, -0.25) is 14.4 Å². The summed E-state index contributed by atoms with van der Waals surface area (Å²) in [5, 5.41) is 20.3. The lowest BCUT2D eigenvalue weighted by Crippen LogP contribution is -2.30. The summed E-state index contributed by atoms with van der Waals surface area (Å²) in [7, 11) is 0. The minimum atomic E-state index is -0.808. The third-order valence-electron chi connectivity index (χ3n) is 11.6. The second-order valence-corrected chi connectivity index (χ2v) is 17.4. The number of ether oxygens (including phenoxy) is 3. The minimum absolute atomic E-state index is 0.103. The maximum atomic E-state index is 12.8. The molecule has 0 saturated heterocycles. The van der Waals surface area contributed by atoms with E-state index in [9.17, 15) is 24.6 Å². The molecule has 0 rings (SSSR count). The Morgan fingerprint density at radius 3 is 0.914 bits per heavy atom. The van der Waals surface area contributed by atoms with Crippen molar-refractivity contribution in [1.82, 2.24) is 0 Å². The van der Waals surface area contributed by atoms with Crippen LogP contribution in [0, 0.1) is 0 Å². The largest absolute Gasteiger partial charge is 0.462 e. The van der Waals surface area contributed by atoms with Crippen LogP contribution in [0.4, 0.5) is 0 Å². The van der Waals surface area contributed by atoms with Crippen LogP contribution >= 0.6 is 0 Å². The number of carbonyl (C=O) groups is 3. The van der Waals surface area contributed by atoms with Gasteiger partial charge in [0.05, 0.1) is 12.2 Å². The van der Waals surface area contributed by atoms with Crippen LogP contribution in [0.25, 0.3) is 0 Å². The van der Waals surface area contributed by atoms with Gasteiger partial charge in [-0.25, -0.2) is 0 Å². The van der Waals surface area contributed by atoms with Gasteiger partial charge < -0.3 is 24.4 Å². The molecule has 0 fully saturated rings. The first-order valence-electron chi connectivity index (χ1n) is 25.2. The summed E-state index contributed by atoms with van der Waals surface area (Å²) >= 11 is 0. The molecule has 0 bridgehead atoms. The van der Waals surface area contributed by atoms with Gasteiger partial charge in [0.1, 0.15) is 13.2 Å². The number of carbonyl (C=O) groups excluding carboxylic acids is 3. The van der Waals surface area contributed by atoms with Gasteiger partial charge in [-0.1, -0.05) is 220 Å². The predicted octanol–water partition coefficient (Wildman–Crippen LogP) is 14.0. The van der Waals surface area contributed by atoms with Crippen molar-refractivity contribution < 1.29 is 38.8 Å². The molecule has 0 amide bonds. The molecule has 3 atom stereocenters. The van der Waals surface area contributed by atoms with Crippen LogP contribution in [0.1, 0.15) is 271 Å². The zero-order chi connectivity index (χ0) is 42.6. The lowest BCUT2D eigenvalue weighted by atomic mass is 10.0. The molecule has 0 aromatic rings. The fourth-order valence-electron chi connectivity index (χ4n) is 7.59. The topological polar surface area (TPSA) is 119 Å². The van der Waals surface area contributed by atoms with Crippen molar-refractivity contribution in [2.75, 3.05) is 13.2 Å². The number of unbranched alkanes of at least 4 members (excludes halogenated alkanes) is 30. The Bertz CT molecular complexity index is 895. The van der Waals surface area contributed by atoms with E-state index in [0.29, 0.717) is 32.1 Å². The molecule has 0 aliphatic rings. The molecule has 0 radical (unpaired) electrons. The number of hydrogen-bond donors (Lipinski definition) is 2. The molecule has 8 heteroatoms. The molecule has 344 valence electrons. The second kappa shape index (κ2) is 44.9. The summed E-state index contributed by atoms with van der Waals surface area (Å²) in [5.74, 6) is -0.984. The summed E-state index contributed by atoms with van der Waals surface area (Å²) in [6.45, 7) is 6.42. The number of hydrogen-bond acceptors (Lipinski definition) is 8. The highest BCUT2D eigenvalue weighted by molar-refractivity contribution is 5.71. The molecule has 0 saturated carbocycles. The molecule has 0 aliphatic carbocycles. The predicted molar refractivity (Wildman–Crippen MR) is 241 cm³/mol. The Morgan fingerprint density at radius 2 is 0.586 bits per heavy atom. The molecule has 0 aromatic carbocycles. The molecule has 0 heterocycles. The van der Waals surface area contributed by atoms with E-state index < -0.39 is 18.3 Å². The lowest BCUT2D eigenvalue weighted by molar-refractivity contribution is -0.167. The molecule has 0 aliphatic heterocycles. The van der Waals surface area contributed by atoms with Crippen LogP contribution in [-0.4, -0.2) is 59.6 Å². The zero-order valence-corrected chi connectivity index (χ0v) is 38.6. The van der Waals surface area contributed by atoms with Crippen molar-refractivity contribution in [2.45, 2.75) is 289 Å². The summed E-state index contributed by atoms with van der Waals surface area (Å²) in [4.78, 5) is 37.9. The summed E-state index contributed by atoms with van der Waals surface area (Å²) in [5.41, 5.74) is 0. The van der Waals surface area contributed by atoms with E-state index in [2.05, 4.69) is 20.8 Å². The SMILES string of the molecule is CCCCCCCCCCCCCCCC(=O)OCC(COC(=O)CCCCCCCC(O)C(O)CCCCC)OC(=O)CCCCCCCCCCCCCCC. The molecule has 0 aromatic heterocycles. The van der Waals surface area contributed by atoms with E-state index in [1.807, 2.05) is 0 Å². The van der Waals surface area contributed by atoms with E-state index >= 15 is 0 Å². The monoisotopic (exact) mass is 825 g/mol. The van der Waals surface area contributed by atoms with Gasteiger partial charge in [-0.05, 0) is 32.1 Å². The maximum Gasteiger partial charge on any atom is 0.306 e. The van der Waals surface area contributed by atoms with Crippen LogP contribution < -0.4 is 0 Å². The fourth-order valence-corrected chi connectivity index (χ4v) is 7.59. The summed E-state index contributed by atoms with van der Waals surface area (Å²) < 4.78 is 16.7. The van der Waals surface area contributed by atoms with Crippen LogP contribution in [-0.2, 0) is 28.6 Å². The minimum Gasteiger partial charge on any atom is -0.462 e. The van der Waals surface area contributed by atoms with Crippen molar-refractivity contribution in [3.8, 4) is 0 Å². The zero-order valence-electron chi connectivity index (χ0n) is 38.6. The van der Waals surface area contributed by atoms with E-state index in [-0.39, 0.29) is 37.5 Å². The second-order valence-electron chi connectivity index (χ2n) is 17.4. The van der Waals surface area contributed by atoms with Crippen molar-refractivity contribution in [1.29, 1.82) is 0 Å². The number of rotatable bonds is 46. The van der Waals surface area contributed by atoms with Gasteiger partial charge in [0.25, 0.3) is 0 Å². The number of aliphatic hydroxyl groups excluding tert-OH is 2. The van der Waals surface area contributed by atoms with Crippen molar-refractivity contribution >= 4 is 17.9 Å². The highest BCUT2D eigenvalue weighted by Gasteiger charge is 2.20. The molecule has 3 unspecified atom stereocenters. The summed E-state index contributed by atoms with van der Waals surface area (Å²) in [6.07, 6.45) is 39.7. The number of esters is 3. The van der Waals surface area contributed by atoms with Gasteiger partial charge in [-0.2, -0.15) is 0 Å². The van der Waals surface area contributed by atoms with Gasteiger partial charge in [0.2, 0.25) is 0 Å². The van der Waals surface area contributed by atoms with Gasteiger partial charge >= 0.3 is 17.9 Å². The molecule has 2 N–H and O–H groups in total. The van der Waals surface area contributed by atoms with Gasteiger partial charge in [0.15, 0.2) is 6.10 Å². The van der Waals surface area contributed by atoms with Gasteiger partial charge in [-0.15, -0.1) is 0 Å². The standard InChI is InChI=1S/C50H96O8/c1-4-7-10-12-14-16-18-20-22-24-26-30-35-40-48(53)56-43-45(58-50(55)42-37-31-27-25-23-21-19-17-15-13-11-8-5-2)44-57-49(54)41-36-32-28-29-34-39-47(52)46(51)38-33-9-6-3/h45-47,51-52H,4-44H2,1-3H3. The van der Waals surface area contributed by atoms with Crippen molar-refractivity contribution in [3.63, 3.8) is 0 Å². The average Bonchev–Trinajstić information content (AvgIpc) is 3.21. The average molecular weight is 825 g/mol. The molecule has 8 nitrogen and oxygen atoms in total. The first kappa shape index (κ1) is 56.3. The van der Waals surface area contributed by atoms with Crippen molar-refractivity contribution in [3.05, 3.63) is 0 Å². The number of aliphatic hydroxyl groups is 2. The fraction of sp³-hybridized carbons (Fsp3) is 0.940. The van der Waals surface area contributed by atoms with E-state index in [0.717, 1.165) is 83.5 Å². The highest BCUT2D eigenvalue weighted by Crippen LogP contribution is 2.17. The van der Waals surface area contributed by atoms with Gasteiger partial charge in [0, 0.05) is 19.3 Å². The first-order chi connectivity index (χ1) is 28.3. The molecule has 0 spiro atoms. The van der Waals surface area contributed by atoms with Crippen molar-refractivity contribution in [2.24, 2.45) is 0 Å². The quantitative estimate of drug-likeness (QED) is 0.0354. The Balaban J connectivity index is 4.41. The normalized spacial score (nSPS) is 13.0. The highest BCUT2D eigenvalue weighted by atomic mass is 16.6. The first-order valence-corrected chi connectivity index (χ1v) is 25.2. The van der Waals surface area contributed by atoms with E-state index in [4.69, 9.17) is 14.2 Å². The molecule has 58 heavy (non-hydrogen) atoms. The summed E-state index contributed by atoms with van der Waals surface area (Å²) in [6, 6.07) is 0. The van der Waals surface area contributed by atoms with E-state index in [1.54, 1.807) is 0 Å². The van der Waals surface area contributed by atoms with Crippen LogP contribution in [0.5, 0.6) is 0 Å². The van der Waals surface area contributed by atoms with Crippen LogP contribution in [0.2, 0.25) is 0 Å². The molecular weight excluding hydrogens is 729 g/mol. The smallest absolute Gasteiger partial charge is 0.306 e.